The summed E-state index contributed by atoms with van der Waals surface area (Å²) in [5, 5.41) is 12.0. The SMILES string of the molecule is CCC(C)Oc1c(Br)cc(/C=C(\C#N)C(=O)NCc2ccco2)cc1OC. The highest BCUT2D eigenvalue weighted by Gasteiger charge is 2.15. The summed E-state index contributed by atoms with van der Waals surface area (Å²) in [7, 11) is 1.54. The highest BCUT2D eigenvalue weighted by Crippen LogP contribution is 2.38. The number of benzene rings is 1. The molecule has 7 heteroatoms. The van der Waals surface area contributed by atoms with Crippen LogP contribution in [0, 0.1) is 11.3 Å². The van der Waals surface area contributed by atoms with Crippen LogP contribution in [-0.2, 0) is 11.3 Å². The van der Waals surface area contributed by atoms with Gasteiger partial charge in [0.1, 0.15) is 17.4 Å². The normalized spacial score (nSPS) is 12.2. The Morgan fingerprint density at radius 2 is 2.26 bits per heavy atom. The number of nitrogens with zero attached hydrogens (tertiary/aromatic N) is 1. The topological polar surface area (TPSA) is 84.5 Å². The molecule has 0 spiro atoms. The molecule has 27 heavy (non-hydrogen) atoms. The van der Waals surface area contributed by atoms with Crippen LogP contribution in [0.3, 0.4) is 0 Å². The van der Waals surface area contributed by atoms with Crippen molar-refractivity contribution in [2.45, 2.75) is 32.9 Å². The number of methoxy groups -OCH3 is 1. The Hall–Kier alpha value is -2.72. The first kappa shape index (κ1) is 20.6. The number of nitrogens with one attached hydrogen (secondary N) is 1. The zero-order valence-electron chi connectivity index (χ0n) is 15.4. The zero-order valence-corrected chi connectivity index (χ0v) is 17.0. The first-order chi connectivity index (χ1) is 13.0. The summed E-state index contributed by atoms with van der Waals surface area (Å²) in [6.07, 6.45) is 3.90. The first-order valence-corrected chi connectivity index (χ1v) is 9.24. The standard InChI is InChI=1S/C20H21BrN2O4/c1-4-13(2)27-19-17(21)9-14(10-18(19)25-3)8-15(11-22)20(24)23-12-16-6-5-7-26-16/h5-10,13H,4,12H2,1-3H3,(H,23,24)/b15-8+. The molecule has 1 atom stereocenters. The van der Waals surface area contributed by atoms with Crippen molar-refractivity contribution >= 4 is 27.9 Å². The Morgan fingerprint density at radius 1 is 1.48 bits per heavy atom. The molecular formula is C20H21BrN2O4. The van der Waals surface area contributed by atoms with Gasteiger partial charge in [0.25, 0.3) is 5.91 Å². The van der Waals surface area contributed by atoms with Gasteiger partial charge in [-0.25, -0.2) is 0 Å². The lowest BCUT2D eigenvalue weighted by Gasteiger charge is -2.17. The Morgan fingerprint density at radius 3 is 2.85 bits per heavy atom. The van der Waals surface area contributed by atoms with Crippen LogP contribution >= 0.6 is 15.9 Å². The Labute approximate surface area is 166 Å². The molecule has 1 heterocycles. The van der Waals surface area contributed by atoms with Crippen molar-refractivity contribution in [3.8, 4) is 17.6 Å². The third kappa shape index (κ3) is 5.63. The highest BCUT2D eigenvalue weighted by atomic mass is 79.9. The maximum atomic E-state index is 12.3. The van der Waals surface area contributed by atoms with Crippen molar-refractivity contribution in [1.29, 1.82) is 5.26 Å². The maximum absolute atomic E-state index is 12.3. The van der Waals surface area contributed by atoms with Gasteiger partial charge in [-0.2, -0.15) is 5.26 Å². The summed E-state index contributed by atoms with van der Waals surface area (Å²) in [6.45, 7) is 4.21. The van der Waals surface area contributed by atoms with Crippen LogP contribution in [0.4, 0.5) is 0 Å². The van der Waals surface area contributed by atoms with Gasteiger partial charge >= 0.3 is 0 Å². The second kappa shape index (κ2) is 9.83. The van der Waals surface area contributed by atoms with Gasteiger partial charge in [0.15, 0.2) is 11.5 Å². The predicted molar refractivity (Wildman–Crippen MR) is 105 cm³/mol. The second-order valence-electron chi connectivity index (χ2n) is 5.80. The molecule has 1 N–H and O–H groups in total. The van der Waals surface area contributed by atoms with Crippen molar-refractivity contribution in [2.24, 2.45) is 0 Å². The van der Waals surface area contributed by atoms with Crippen molar-refractivity contribution < 1.29 is 18.7 Å². The molecule has 1 aromatic heterocycles. The number of halogens is 1. The summed E-state index contributed by atoms with van der Waals surface area (Å²) >= 11 is 3.47. The van der Waals surface area contributed by atoms with Gasteiger partial charge in [-0.1, -0.05) is 6.92 Å². The molecule has 0 saturated heterocycles. The van der Waals surface area contributed by atoms with Gasteiger partial charge in [-0.05, 0) is 65.2 Å². The van der Waals surface area contributed by atoms with Crippen molar-refractivity contribution in [3.63, 3.8) is 0 Å². The molecule has 2 aromatic rings. The average molecular weight is 433 g/mol. The molecule has 0 aliphatic rings. The molecule has 0 saturated carbocycles. The van der Waals surface area contributed by atoms with Crippen LogP contribution in [0.1, 0.15) is 31.6 Å². The van der Waals surface area contributed by atoms with E-state index >= 15 is 0 Å². The summed E-state index contributed by atoms with van der Waals surface area (Å²) in [6, 6.07) is 8.90. The van der Waals surface area contributed by atoms with E-state index in [0.717, 1.165) is 6.42 Å². The van der Waals surface area contributed by atoms with E-state index in [1.807, 2.05) is 19.9 Å². The number of rotatable bonds is 8. The largest absolute Gasteiger partial charge is 0.493 e. The van der Waals surface area contributed by atoms with Gasteiger partial charge in [0.05, 0.1) is 30.5 Å². The third-order valence-electron chi connectivity index (χ3n) is 3.83. The first-order valence-electron chi connectivity index (χ1n) is 8.45. The quantitative estimate of drug-likeness (QED) is 0.491. The molecule has 2 rings (SSSR count). The monoisotopic (exact) mass is 432 g/mol. The van der Waals surface area contributed by atoms with Crippen molar-refractivity contribution in [1.82, 2.24) is 5.32 Å². The van der Waals surface area contributed by atoms with Gasteiger partial charge < -0.3 is 19.2 Å². The molecule has 1 amide bonds. The number of nitriles is 1. The number of amides is 1. The van der Waals surface area contributed by atoms with E-state index in [1.54, 1.807) is 31.4 Å². The minimum Gasteiger partial charge on any atom is -0.493 e. The fraction of sp³-hybridized carbons (Fsp3) is 0.300. The smallest absolute Gasteiger partial charge is 0.262 e. The lowest BCUT2D eigenvalue weighted by molar-refractivity contribution is -0.117. The van der Waals surface area contributed by atoms with E-state index in [0.29, 0.717) is 27.3 Å². The Kier molecular flexibility index (Phi) is 7.50. The van der Waals surface area contributed by atoms with Crippen LogP contribution < -0.4 is 14.8 Å². The van der Waals surface area contributed by atoms with Gasteiger partial charge in [0, 0.05) is 0 Å². The lowest BCUT2D eigenvalue weighted by Crippen LogP contribution is -2.23. The van der Waals surface area contributed by atoms with Gasteiger partial charge in [-0.3, -0.25) is 4.79 Å². The van der Waals surface area contributed by atoms with E-state index in [1.165, 1.54) is 12.3 Å². The van der Waals surface area contributed by atoms with E-state index in [9.17, 15) is 10.1 Å². The molecule has 6 nitrogen and oxygen atoms in total. The van der Waals surface area contributed by atoms with E-state index < -0.39 is 5.91 Å². The number of carbonyl (C=O) groups is 1. The summed E-state index contributed by atoms with van der Waals surface area (Å²) in [5.74, 6) is 1.23. The predicted octanol–water partition coefficient (Wildman–Crippen LogP) is 4.45. The van der Waals surface area contributed by atoms with Crippen molar-refractivity contribution in [2.75, 3.05) is 7.11 Å². The fourth-order valence-corrected chi connectivity index (χ4v) is 2.77. The molecule has 142 valence electrons. The Balaban J connectivity index is 2.23. The molecule has 0 aliphatic carbocycles. The third-order valence-corrected chi connectivity index (χ3v) is 4.41. The molecule has 0 fully saturated rings. The van der Waals surface area contributed by atoms with Gasteiger partial charge in [-0.15, -0.1) is 0 Å². The van der Waals surface area contributed by atoms with E-state index in [2.05, 4.69) is 21.2 Å². The van der Waals surface area contributed by atoms with Crippen LogP contribution in [-0.4, -0.2) is 19.1 Å². The van der Waals surface area contributed by atoms with E-state index in [4.69, 9.17) is 13.9 Å². The number of carbonyl (C=O) groups excluding carboxylic acids is 1. The Bertz CT molecular complexity index is 854. The average Bonchev–Trinajstić information content (AvgIpc) is 3.19. The second-order valence-corrected chi connectivity index (χ2v) is 6.66. The van der Waals surface area contributed by atoms with Crippen LogP contribution in [0.5, 0.6) is 11.5 Å². The molecule has 0 bridgehead atoms. The lowest BCUT2D eigenvalue weighted by atomic mass is 10.1. The van der Waals surface area contributed by atoms with Crippen LogP contribution in [0.25, 0.3) is 6.08 Å². The van der Waals surface area contributed by atoms with Gasteiger partial charge in [0.2, 0.25) is 0 Å². The summed E-state index contributed by atoms with van der Waals surface area (Å²) in [5.41, 5.74) is 0.617. The summed E-state index contributed by atoms with van der Waals surface area (Å²) in [4.78, 5) is 12.3. The molecule has 1 unspecified atom stereocenters. The summed E-state index contributed by atoms with van der Waals surface area (Å²) < 4.78 is 17.1. The molecule has 0 radical (unpaired) electrons. The molecule has 0 aliphatic heterocycles. The fourth-order valence-electron chi connectivity index (χ4n) is 2.21. The number of ether oxygens (including phenoxy) is 2. The number of hydrogen-bond donors (Lipinski definition) is 1. The number of hydrogen-bond acceptors (Lipinski definition) is 5. The van der Waals surface area contributed by atoms with Crippen LogP contribution in [0.2, 0.25) is 0 Å². The highest BCUT2D eigenvalue weighted by molar-refractivity contribution is 9.10. The van der Waals surface area contributed by atoms with Crippen LogP contribution in [0.15, 0.2) is 45.0 Å². The molecule has 1 aromatic carbocycles. The minimum absolute atomic E-state index is 0.0221. The zero-order chi connectivity index (χ0) is 19.8. The maximum Gasteiger partial charge on any atom is 0.262 e. The van der Waals surface area contributed by atoms with E-state index in [-0.39, 0.29) is 18.2 Å². The minimum atomic E-state index is -0.482. The number of furan rings is 1. The van der Waals surface area contributed by atoms with Crippen molar-refractivity contribution in [3.05, 3.63) is 51.9 Å². The molecular weight excluding hydrogens is 412 g/mol.